The fourth-order valence-corrected chi connectivity index (χ4v) is 3.44. The number of nitrogens with one attached hydrogen (secondary N) is 1. The van der Waals surface area contributed by atoms with Gasteiger partial charge in [0, 0.05) is 23.2 Å². The molecule has 0 amide bonds. The number of hydrogen-bond donors (Lipinski definition) is 0. The summed E-state index contributed by atoms with van der Waals surface area (Å²) in [7, 11) is 0. The Morgan fingerprint density at radius 3 is 2.54 bits per heavy atom. The normalized spacial score (nSPS) is 11.1. The van der Waals surface area contributed by atoms with Crippen LogP contribution in [-0.4, -0.2) is 9.97 Å². The van der Waals surface area contributed by atoms with E-state index in [1.54, 1.807) is 6.20 Å². The number of nitrogens with zero attached hydrogens (tertiary/aromatic N) is 2. The molecule has 0 saturated heterocycles. The standard InChI is InChI=1S/C23H15N3/c1-2-8-18-16(6-1)10-11-21-23(18)19(17-7-5-12-24-15-17)14-22(26-21)20-9-3-4-13-25-20/h1-15H/p+1. The number of benzene rings is 2. The van der Waals surface area contributed by atoms with Crippen LogP contribution in [0.3, 0.4) is 0 Å². The molecule has 26 heavy (non-hydrogen) atoms. The van der Waals surface area contributed by atoms with Gasteiger partial charge in [-0.3, -0.25) is 4.98 Å². The third-order valence-corrected chi connectivity index (χ3v) is 4.64. The van der Waals surface area contributed by atoms with Crippen molar-refractivity contribution in [1.29, 1.82) is 0 Å². The summed E-state index contributed by atoms with van der Waals surface area (Å²) in [5, 5.41) is 3.60. The average Bonchev–Trinajstić information content (AvgIpc) is 2.74. The lowest BCUT2D eigenvalue weighted by Gasteiger charge is -2.11. The monoisotopic (exact) mass is 334 g/mol. The number of fused-ring (bicyclic) bond motifs is 3. The molecule has 3 heterocycles. The van der Waals surface area contributed by atoms with E-state index in [9.17, 15) is 0 Å². The summed E-state index contributed by atoms with van der Waals surface area (Å²) in [4.78, 5) is 12.6. The van der Waals surface area contributed by atoms with E-state index in [2.05, 4.69) is 58.5 Å². The molecular weight excluding hydrogens is 318 g/mol. The Morgan fingerprint density at radius 2 is 1.69 bits per heavy atom. The molecule has 5 aromatic rings. The second-order valence-electron chi connectivity index (χ2n) is 6.24. The van der Waals surface area contributed by atoms with Gasteiger partial charge in [-0.1, -0.05) is 36.4 Å². The van der Waals surface area contributed by atoms with E-state index in [-0.39, 0.29) is 0 Å². The van der Waals surface area contributed by atoms with Gasteiger partial charge in [0.1, 0.15) is 0 Å². The van der Waals surface area contributed by atoms with Crippen molar-refractivity contribution in [2.24, 2.45) is 0 Å². The van der Waals surface area contributed by atoms with Crippen LogP contribution in [0, 0.1) is 0 Å². The van der Waals surface area contributed by atoms with E-state index in [0.717, 1.165) is 28.0 Å². The predicted molar refractivity (Wildman–Crippen MR) is 104 cm³/mol. The first-order chi connectivity index (χ1) is 12.9. The van der Waals surface area contributed by atoms with Gasteiger partial charge in [-0.2, -0.15) is 0 Å². The van der Waals surface area contributed by atoms with E-state index < -0.39 is 0 Å². The highest BCUT2D eigenvalue weighted by Crippen LogP contribution is 2.35. The van der Waals surface area contributed by atoms with Gasteiger partial charge in [0.25, 0.3) is 0 Å². The molecule has 0 fully saturated rings. The molecule has 0 aliphatic rings. The number of aromatic nitrogens is 3. The van der Waals surface area contributed by atoms with Crippen LogP contribution in [0.4, 0.5) is 0 Å². The summed E-state index contributed by atoms with van der Waals surface area (Å²) in [6.45, 7) is 0. The third-order valence-electron chi connectivity index (χ3n) is 4.64. The lowest BCUT2D eigenvalue weighted by molar-refractivity contribution is -0.377. The molecule has 3 aromatic heterocycles. The van der Waals surface area contributed by atoms with Crippen LogP contribution in [-0.2, 0) is 0 Å². The summed E-state index contributed by atoms with van der Waals surface area (Å²) in [5.41, 5.74) is 5.03. The van der Waals surface area contributed by atoms with Gasteiger partial charge < -0.3 is 0 Å². The summed E-state index contributed by atoms with van der Waals surface area (Å²) in [5.74, 6) is 0. The van der Waals surface area contributed by atoms with E-state index in [4.69, 9.17) is 4.98 Å². The fraction of sp³-hybridized carbons (Fsp3) is 0. The van der Waals surface area contributed by atoms with Gasteiger partial charge in [-0.05, 0) is 46.7 Å². The van der Waals surface area contributed by atoms with E-state index in [1.165, 1.54) is 16.2 Å². The van der Waals surface area contributed by atoms with Crippen LogP contribution in [0.25, 0.3) is 44.2 Å². The number of H-pyrrole nitrogens is 1. The number of rotatable bonds is 2. The first kappa shape index (κ1) is 14.7. The average molecular weight is 334 g/mol. The van der Waals surface area contributed by atoms with Crippen LogP contribution >= 0.6 is 0 Å². The number of pyridine rings is 3. The second-order valence-corrected chi connectivity index (χ2v) is 6.24. The summed E-state index contributed by atoms with van der Waals surface area (Å²) < 4.78 is 0. The van der Waals surface area contributed by atoms with Crippen molar-refractivity contribution in [1.82, 2.24) is 9.97 Å². The van der Waals surface area contributed by atoms with Crippen molar-refractivity contribution < 1.29 is 4.98 Å². The minimum atomic E-state index is 0.878. The summed E-state index contributed by atoms with van der Waals surface area (Å²) in [6, 6.07) is 24.9. The second kappa shape index (κ2) is 6.05. The minimum Gasteiger partial charge on any atom is -0.255 e. The van der Waals surface area contributed by atoms with Crippen molar-refractivity contribution in [2.45, 2.75) is 0 Å². The van der Waals surface area contributed by atoms with E-state index in [0.29, 0.717) is 0 Å². The molecule has 2 aromatic carbocycles. The first-order valence-corrected chi connectivity index (χ1v) is 8.60. The van der Waals surface area contributed by atoms with Crippen molar-refractivity contribution in [3.05, 3.63) is 91.4 Å². The molecule has 3 heteroatoms. The molecule has 0 aliphatic carbocycles. The lowest BCUT2D eigenvalue weighted by Crippen LogP contribution is -1.99. The van der Waals surface area contributed by atoms with Gasteiger partial charge in [0.2, 0.25) is 0 Å². The molecule has 0 bridgehead atoms. The third kappa shape index (κ3) is 2.42. The maximum absolute atomic E-state index is 4.91. The smallest absolute Gasteiger partial charge is 0.174 e. The van der Waals surface area contributed by atoms with E-state index in [1.807, 2.05) is 36.7 Å². The Bertz CT molecular complexity index is 1220. The van der Waals surface area contributed by atoms with Crippen molar-refractivity contribution in [2.75, 3.05) is 0 Å². The molecule has 0 radical (unpaired) electrons. The van der Waals surface area contributed by atoms with E-state index >= 15 is 0 Å². The fourth-order valence-electron chi connectivity index (χ4n) is 3.44. The zero-order valence-corrected chi connectivity index (χ0v) is 14.1. The Morgan fingerprint density at radius 1 is 0.769 bits per heavy atom. The molecule has 122 valence electrons. The zero-order valence-electron chi connectivity index (χ0n) is 14.1. The van der Waals surface area contributed by atoms with Crippen molar-refractivity contribution in [3.8, 4) is 22.5 Å². The Hall–Kier alpha value is -3.59. The highest BCUT2D eigenvalue weighted by Gasteiger charge is 2.13. The molecule has 0 saturated carbocycles. The molecular formula is C23H16N3+. The van der Waals surface area contributed by atoms with Gasteiger partial charge in [-0.15, -0.1) is 0 Å². The van der Waals surface area contributed by atoms with Gasteiger partial charge in [0.15, 0.2) is 12.4 Å². The van der Waals surface area contributed by atoms with Crippen molar-refractivity contribution in [3.63, 3.8) is 0 Å². The molecule has 1 N–H and O–H groups in total. The number of aromatic amines is 1. The highest BCUT2D eigenvalue weighted by molar-refractivity contribution is 6.13. The highest BCUT2D eigenvalue weighted by atomic mass is 14.8. The van der Waals surface area contributed by atoms with Crippen LogP contribution in [0.15, 0.2) is 91.4 Å². The Kier molecular flexibility index (Phi) is 3.42. The number of hydrogen-bond acceptors (Lipinski definition) is 2. The maximum atomic E-state index is 4.91. The van der Waals surface area contributed by atoms with Crippen LogP contribution in [0.5, 0.6) is 0 Å². The predicted octanol–water partition coefficient (Wildman–Crippen LogP) is 4.93. The van der Waals surface area contributed by atoms with Crippen LogP contribution < -0.4 is 4.98 Å². The molecule has 0 aliphatic heterocycles. The molecule has 0 atom stereocenters. The Labute approximate surface area is 151 Å². The minimum absolute atomic E-state index is 0.878. The quantitative estimate of drug-likeness (QED) is 0.429. The molecule has 0 spiro atoms. The van der Waals surface area contributed by atoms with Gasteiger partial charge in [-0.25, -0.2) is 9.97 Å². The largest absolute Gasteiger partial charge is 0.255 e. The SMILES string of the molecule is c1ccc(-c2cc(-c3ccc[nH+]c3)c3c(ccc4ccccc43)n2)nc1. The van der Waals surface area contributed by atoms with Crippen LogP contribution in [0.2, 0.25) is 0 Å². The Balaban J connectivity index is 1.92. The van der Waals surface area contributed by atoms with Crippen molar-refractivity contribution >= 4 is 21.7 Å². The van der Waals surface area contributed by atoms with Gasteiger partial charge >= 0.3 is 0 Å². The summed E-state index contributed by atoms with van der Waals surface area (Å²) >= 11 is 0. The molecule has 3 nitrogen and oxygen atoms in total. The summed E-state index contributed by atoms with van der Waals surface area (Å²) in [6.07, 6.45) is 5.75. The molecule has 5 rings (SSSR count). The first-order valence-electron chi connectivity index (χ1n) is 8.60. The van der Waals surface area contributed by atoms with Crippen LogP contribution in [0.1, 0.15) is 0 Å². The van der Waals surface area contributed by atoms with Gasteiger partial charge in [0.05, 0.1) is 16.9 Å². The topological polar surface area (TPSA) is 39.9 Å². The zero-order chi connectivity index (χ0) is 17.3. The maximum Gasteiger partial charge on any atom is 0.174 e. The molecule has 0 unspecified atom stereocenters. The lowest BCUT2D eigenvalue weighted by atomic mass is 9.96.